The topological polar surface area (TPSA) is 23.6 Å². The number of amides is 1. The third-order valence-electron chi connectivity index (χ3n) is 5.13. The summed E-state index contributed by atoms with van der Waals surface area (Å²) in [6.45, 7) is 3.00. The first-order chi connectivity index (χ1) is 10.6. The van der Waals surface area contributed by atoms with Crippen LogP contribution in [0.25, 0.3) is 0 Å². The highest BCUT2D eigenvalue weighted by Crippen LogP contribution is 2.29. The molecule has 2 fully saturated rings. The van der Waals surface area contributed by atoms with Crippen molar-refractivity contribution in [1.82, 2.24) is 9.80 Å². The zero-order valence-electron chi connectivity index (χ0n) is 13.3. The van der Waals surface area contributed by atoms with E-state index >= 15 is 0 Å². The number of benzene rings is 1. The van der Waals surface area contributed by atoms with E-state index in [1.807, 2.05) is 30.1 Å². The number of likely N-dealkylation sites (N-methyl/N-ethyl adjacent to an activating group) is 1. The quantitative estimate of drug-likeness (QED) is 0.847. The van der Waals surface area contributed by atoms with Crippen LogP contribution in [0.4, 0.5) is 0 Å². The first-order valence-electron chi connectivity index (χ1n) is 8.37. The molecule has 1 aliphatic carbocycles. The Morgan fingerprint density at radius 2 is 2.14 bits per heavy atom. The monoisotopic (exact) mass is 320 g/mol. The number of rotatable bonds is 4. The Hall–Kier alpha value is -1.06. The molecule has 0 N–H and O–H groups in total. The summed E-state index contributed by atoms with van der Waals surface area (Å²) in [4.78, 5) is 16.9. The second kappa shape index (κ2) is 7.01. The van der Waals surface area contributed by atoms with Crippen LogP contribution in [-0.2, 0) is 11.3 Å². The molecular formula is C18H25ClN2O. The summed E-state index contributed by atoms with van der Waals surface area (Å²) in [5.74, 6) is 0.661. The third kappa shape index (κ3) is 3.64. The summed E-state index contributed by atoms with van der Waals surface area (Å²) in [6, 6.07) is 8.44. The summed E-state index contributed by atoms with van der Waals surface area (Å²) < 4.78 is 0. The fourth-order valence-corrected chi connectivity index (χ4v) is 3.72. The Morgan fingerprint density at radius 3 is 2.82 bits per heavy atom. The van der Waals surface area contributed by atoms with Gasteiger partial charge in [-0.1, -0.05) is 30.2 Å². The number of hydrogen-bond donors (Lipinski definition) is 0. The molecule has 4 heteroatoms. The molecule has 3 nitrogen and oxygen atoms in total. The summed E-state index contributed by atoms with van der Waals surface area (Å²) in [7, 11) is 1.99. The van der Waals surface area contributed by atoms with Crippen LogP contribution in [0.1, 0.15) is 37.7 Å². The number of piperidine rings is 1. The maximum Gasteiger partial charge on any atom is 0.225 e. The summed E-state index contributed by atoms with van der Waals surface area (Å²) in [5, 5.41) is 0.795. The molecule has 1 saturated carbocycles. The highest BCUT2D eigenvalue weighted by Gasteiger charge is 2.32. The molecule has 2 aliphatic rings. The van der Waals surface area contributed by atoms with Gasteiger partial charge in [0.25, 0.3) is 0 Å². The molecule has 0 bridgehead atoms. The Kier molecular flexibility index (Phi) is 5.04. The van der Waals surface area contributed by atoms with Gasteiger partial charge in [-0.25, -0.2) is 0 Å². The van der Waals surface area contributed by atoms with Gasteiger partial charge in [-0.05, 0) is 49.9 Å². The number of carbonyl (C=O) groups excluding carboxylic acids is 1. The Labute approximate surface area is 138 Å². The largest absolute Gasteiger partial charge is 0.341 e. The zero-order chi connectivity index (χ0) is 15.5. The van der Waals surface area contributed by atoms with Gasteiger partial charge in [-0.3, -0.25) is 9.69 Å². The maximum absolute atomic E-state index is 12.4. The van der Waals surface area contributed by atoms with E-state index in [0.29, 0.717) is 17.9 Å². The van der Waals surface area contributed by atoms with Crippen molar-refractivity contribution in [3.05, 3.63) is 34.9 Å². The molecule has 1 aliphatic heterocycles. The first kappa shape index (κ1) is 15.8. The number of carbonyl (C=O) groups is 1. The van der Waals surface area contributed by atoms with Crippen molar-refractivity contribution in [2.24, 2.45) is 5.92 Å². The third-order valence-corrected chi connectivity index (χ3v) is 5.36. The van der Waals surface area contributed by atoms with Crippen molar-refractivity contribution in [2.75, 3.05) is 20.1 Å². The average Bonchev–Trinajstić information content (AvgIpc) is 2.45. The van der Waals surface area contributed by atoms with E-state index in [2.05, 4.69) is 11.0 Å². The molecule has 1 amide bonds. The van der Waals surface area contributed by atoms with Crippen LogP contribution in [-0.4, -0.2) is 41.9 Å². The smallest absolute Gasteiger partial charge is 0.225 e. The minimum absolute atomic E-state index is 0.299. The number of hydrogen-bond acceptors (Lipinski definition) is 2. The lowest BCUT2D eigenvalue weighted by Crippen LogP contribution is -2.50. The van der Waals surface area contributed by atoms with E-state index < -0.39 is 0 Å². The second-order valence-corrected chi connectivity index (χ2v) is 7.17. The van der Waals surface area contributed by atoms with Gasteiger partial charge >= 0.3 is 0 Å². The van der Waals surface area contributed by atoms with E-state index in [1.54, 1.807) is 0 Å². The van der Waals surface area contributed by atoms with Gasteiger partial charge in [-0.2, -0.15) is 0 Å². The molecule has 0 aromatic heterocycles. The summed E-state index contributed by atoms with van der Waals surface area (Å²) >= 11 is 6.07. The van der Waals surface area contributed by atoms with Gasteiger partial charge in [0.15, 0.2) is 0 Å². The maximum atomic E-state index is 12.4. The molecule has 0 spiro atoms. The standard InChI is InChI=1S/C18H25ClN2O/c1-20(18(22)15-6-3-7-15)17-9-4-10-21(13-17)12-14-5-2-8-16(19)11-14/h2,5,8,11,15,17H,3-4,6-7,9-10,12-13H2,1H3. The lowest BCUT2D eigenvalue weighted by atomic mass is 9.84. The Balaban J connectivity index is 1.57. The van der Waals surface area contributed by atoms with Crippen molar-refractivity contribution in [3.63, 3.8) is 0 Å². The van der Waals surface area contributed by atoms with E-state index in [-0.39, 0.29) is 0 Å². The molecular weight excluding hydrogens is 296 g/mol. The van der Waals surface area contributed by atoms with Crippen molar-refractivity contribution >= 4 is 17.5 Å². The van der Waals surface area contributed by atoms with Gasteiger partial charge in [0, 0.05) is 37.1 Å². The van der Waals surface area contributed by atoms with Crippen molar-refractivity contribution in [1.29, 1.82) is 0 Å². The van der Waals surface area contributed by atoms with Gasteiger partial charge in [0.05, 0.1) is 0 Å². The second-order valence-electron chi connectivity index (χ2n) is 6.74. The van der Waals surface area contributed by atoms with Crippen molar-refractivity contribution in [3.8, 4) is 0 Å². The van der Waals surface area contributed by atoms with Crippen LogP contribution in [0.3, 0.4) is 0 Å². The average molecular weight is 321 g/mol. The summed E-state index contributed by atoms with van der Waals surface area (Å²) in [5.41, 5.74) is 1.25. The van der Waals surface area contributed by atoms with E-state index in [4.69, 9.17) is 11.6 Å². The van der Waals surface area contributed by atoms with Crippen LogP contribution in [0.5, 0.6) is 0 Å². The lowest BCUT2D eigenvalue weighted by molar-refractivity contribution is -0.140. The molecule has 1 atom stereocenters. The Bertz CT molecular complexity index is 530. The van der Waals surface area contributed by atoms with Gasteiger partial charge < -0.3 is 4.90 Å². The fourth-order valence-electron chi connectivity index (χ4n) is 3.51. The van der Waals surface area contributed by atoms with Gasteiger partial charge in [0.1, 0.15) is 0 Å². The highest BCUT2D eigenvalue weighted by molar-refractivity contribution is 6.30. The number of likely N-dealkylation sites (tertiary alicyclic amines) is 1. The molecule has 1 heterocycles. The summed E-state index contributed by atoms with van der Waals surface area (Å²) in [6.07, 6.45) is 5.68. The van der Waals surface area contributed by atoms with Crippen LogP contribution in [0.2, 0.25) is 5.02 Å². The van der Waals surface area contributed by atoms with E-state index in [9.17, 15) is 4.79 Å². The molecule has 1 saturated heterocycles. The van der Waals surface area contributed by atoms with Crippen LogP contribution < -0.4 is 0 Å². The molecule has 3 rings (SSSR count). The molecule has 0 radical (unpaired) electrons. The molecule has 1 unspecified atom stereocenters. The Morgan fingerprint density at radius 1 is 1.32 bits per heavy atom. The minimum atomic E-state index is 0.299. The van der Waals surface area contributed by atoms with E-state index in [0.717, 1.165) is 50.3 Å². The van der Waals surface area contributed by atoms with Crippen LogP contribution in [0.15, 0.2) is 24.3 Å². The molecule has 1 aromatic carbocycles. The van der Waals surface area contributed by atoms with Crippen LogP contribution >= 0.6 is 11.6 Å². The van der Waals surface area contributed by atoms with Crippen molar-refractivity contribution in [2.45, 2.75) is 44.7 Å². The minimum Gasteiger partial charge on any atom is -0.341 e. The van der Waals surface area contributed by atoms with E-state index in [1.165, 1.54) is 12.0 Å². The SMILES string of the molecule is CN(C(=O)C1CCC1)C1CCCN(Cc2cccc(Cl)c2)C1. The predicted molar refractivity (Wildman–Crippen MR) is 89.9 cm³/mol. The highest BCUT2D eigenvalue weighted by atomic mass is 35.5. The van der Waals surface area contributed by atoms with Gasteiger partial charge in [0.2, 0.25) is 5.91 Å². The normalized spacial score (nSPS) is 23.1. The van der Waals surface area contributed by atoms with Crippen LogP contribution in [0, 0.1) is 5.92 Å². The fraction of sp³-hybridized carbons (Fsp3) is 0.611. The number of halogens is 1. The molecule has 1 aromatic rings. The zero-order valence-corrected chi connectivity index (χ0v) is 14.1. The molecule has 120 valence electrons. The lowest BCUT2D eigenvalue weighted by Gasteiger charge is -2.40. The molecule has 22 heavy (non-hydrogen) atoms. The first-order valence-corrected chi connectivity index (χ1v) is 8.75. The number of nitrogens with zero attached hydrogens (tertiary/aromatic N) is 2. The predicted octanol–water partition coefficient (Wildman–Crippen LogP) is 3.56. The van der Waals surface area contributed by atoms with Crippen molar-refractivity contribution < 1.29 is 4.79 Å². The van der Waals surface area contributed by atoms with Gasteiger partial charge in [-0.15, -0.1) is 0 Å².